The molecule has 0 fully saturated rings. The number of hydrogen-bond donors (Lipinski definition) is 1. The Morgan fingerprint density at radius 2 is 2.00 bits per heavy atom. The molecule has 1 N–H and O–H groups in total. The summed E-state index contributed by atoms with van der Waals surface area (Å²) in [6.07, 6.45) is 1.31. The SMILES string of the molecule is COc1ccc(/C=N\Nc2ccccc2[N+](=O)[O-])cc1OC(F)F. The minimum atomic E-state index is -2.99. The van der Waals surface area contributed by atoms with Crippen molar-refractivity contribution in [1.82, 2.24) is 0 Å². The average molecular weight is 337 g/mol. The number of rotatable bonds is 7. The minimum absolute atomic E-state index is 0.133. The molecular weight excluding hydrogens is 324 g/mol. The number of anilines is 1. The fourth-order valence-electron chi connectivity index (χ4n) is 1.87. The van der Waals surface area contributed by atoms with Gasteiger partial charge in [-0.1, -0.05) is 12.1 Å². The number of benzene rings is 2. The Hall–Kier alpha value is -3.23. The van der Waals surface area contributed by atoms with Crippen LogP contribution in [0.5, 0.6) is 11.5 Å². The Labute approximate surface area is 135 Å². The van der Waals surface area contributed by atoms with Gasteiger partial charge in [0.05, 0.1) is 18.2 Å². The summed E-state index contributed by atoms with van der Waals surface area (Å²) >= 11 is 0. The largest absolute Gasteiger partial charge is 0.493 e. The maximum Gasteiger partial charge on any atom is 0.387 e. The summed E-state index contributed by atoms with van der Waals surface area (Å²) in [5, 5.41) is 14.8. The van der Waals surface area contributed by atoms with Crippen molar-refractivity contribution >= 4 is 17.6 Å². The third-order valence-corrected chi connectivity index (χ3v) is 2.90. The van der Waals surface area contributed by atoms with Crippen LogP contribution in [-0.2, 0) is 0 Å². The summed E-state index contributed by atoms with van der Waals surface area (Å²) in [4.78, 5) is 10.3. The highest BCUT2D eigenvalue weighted by atomic mass is 19.3. The number of alkyl halides is 2. The van der Waals surface area contributed by atoms with Gasteiger partial charge in [0.25, 0.3) is 5.69 Å². The first-order chi connectivity index (χ1) is 11.5. The molecule has 126 valence electrons. The first-order valence-electron chi connectivity index (χ1n) is 6.66. The Balaban J connectivity index is 2.16. The van der Waals surface area contributed by atoms with Gasteiger partial charge in [0.2, 0.25) is 0 Å². The quantitative estimate of drug-likeness (QED) is 0.473. The van der Waals surface area contributed by atoms with E-state index in [4.69, 9.17) is 4.74 Å². The van der Waals surface area contributed by atoms with Gasteiger partial charge in [-0.2, -0.15) is 13.9 Å². The van der Waals surface area contributed by atoms with Gasteiger partial charge in [-0.25, -0.2) is 0 Å². The summed E-state index contributed by atoms with van der Waals surface area (Å²) in [5.41, 5.74) is 3.05. The molecule has 0 bridgehead atoms. The minimum Gasteiger partial charge on any atom is -0.493 e. The lowest BCUT2D eigenvalue weighted by Crippen LogP contribution is -2.04. The van der Waals surface area contributed by atoms with Crippen LogP contribution in [0.25, 0.3) is 0 Å². The number of hydrazone groups is 1. The molecule has 0 amide bonds. The van der Waals surface area contributed by atoms with E-state index < -0.39 is 11.5 Å². The standard InChI is InChI=1S/C15H13F2N3O4/c1-23-13-7-6-10(8-14(13)24-15(16)17)9-18-19-11-4-2-3-5-12(11)20(21)22/h2-9,15,19H,1H3/b18-9-. The predicted molar refractivity (Wildman–Crippen MR) is 83.9 cm³/mol. The van der Waals surface area contributed by atoms with Crippen molar-refractivity contribution in [2.75, 3.05) is 12.5 Å². The lowest BCUT2D eigenvalue weighted by molar-refractivity contribution is -0.384. The summed E-state index contributed by atoms with van der Waals surface area (Å²) < 4.78 is 34.0. The van der Waals surface area contributed by atoms with E-state index in [0.29, 0.717) is 5.56 Å². The molecule has 9 heteroatoms. The van der Waals surface area contributed by atoms with Crippen LogP contribution in [0.1, 0.15) is 5.56 Å². The molecule has 0 aliphatic carbocycles. The number of nitrogens with one attached hydrogen (secondary N) is 1. The van der Waals surface area contributed by atoms with Crippen LogP contribution < -0.4 is 14.9 Å². The van der Waals surface area contributed by atoms with Crippen LogP contribution in [0.3, 0.4) is 0 Å². The third kappa shape index (κ3) is 4.38. The van der Waals surface area contributed by atoms with Crippen molar-refractivity contribution in [2.45, 2.75) is 6.61 Å². The van der Waals surface area contributed by atoms with Crippen molar-refractivity contribution in [3.63, 3.8) is 0 Å². The van der Waals surface area contributed by atoms with Gasteiger partial charge < -0.3 is 9.47 Å². The molecule has 0 atom stereocenters. The van der Waals surface area contributed by atoms with E-state index in [1.165, 1.54) is 43.7 Å². The highest BCUT2D eigenvalue weighted by Gasteiger charge is 2.12. The first kappa shape index (κ1) is 17.1. The van der Waals surface area contributed by atoms with Crippen molar-refractivity contribution < 1.29 is 23.2 Å². The zero-order chi connectivity index (χ0) is 17.5. The van der Waals surface area contributed by atoms with Gasteiger partial charge in [-0.05, 0) is 29.8 Å². The Bertz CT molecular complexity index is 753. The zero-order valence-electron chi connectivity index (χ0n) is 12.5. The molecule has 0 aromatic heterocycles. The second-order valence-corrected chi connectivity index (χ2v) is 4.43. The molecule has 0 aliphatic heterocycles. The van der Waals surface area contributed by atoms with Gasteiger partial charge in [0.15, 0.2) is 11.5 Å². The third-order valence-electron chi connectivity index (χ3n) is 2.90. The van der Waals surface area contributed by atoms with Gasteiger partial charge in [-0.15, -0.1) is 0 Å². The van der Waals surface area contributed by atoms with E-state index in [9.17, 15) is 18.9 Å². The van der Waals surface area contributed by atoms with E-state index in [1.54, 1.807) is 12.1 Å². The highest BCUT2D eigenvalue weighted by molar-refractivity contribution is 5.81. The number of nitro benzene ring substituents is 1. The van der Waals surface area contributed by atoms with Crippen LogP contribution in [0.2, 0.25) is 0 Å². The molecule has 0 heterocycles. The van der Waals surface area contributed by atoms with Crippen molar-refractivity contribution in [3.8, 4) is 11.5 Å². The smallest absolute Gasteiger partial charge is 0.387 e. The maximum absolute atomic E-state index is 12.4. The van der Waals surface area contributed by atoms with Crippen molar-refractivity contribution in [3.05, 3.63) is 58.1 Å². The number of ether oxygens (including phenoxy) is 2. The van der Waals surface area contributed by atoms with E-state index >= 15 is 0 Å². The summed E-state index contributed by atoms with van der Waals surface area (Å²) in [6, 6.07) is 10.3. The molecule has 2 aromatic carbocycles. The molecule has 0 spiro atoms. The lowest BCUT2D eigenvalue weighted by atomic mass is 10.2. The lowest BCUT2D eigenvalue weighted by Gasteiger charge is -2.10. The van der Waals surface area contributed by atoms with Crippen LogP contribution in [0.4, 0.5) is 20.2 Å². The van der Waals surface area contributed by atoms with Crippen molar-refractivity contribution in [1.29, 1.82) is 0 Å². The molecule has 7 nitrogen and oxygen atoms in total. The number of methoxy groups -OCH3 is 1. The molecule has 0 saturated heterocycles. The summed E-state index contributed by atoms with van der Waals surface area (Å²) in [6.45, 7) is -2.99. The zero-order valence-corrected chi connectivity index (χ0v) is 12.5. The Kier molecular flexibility index (Phi) is 5.61. The molecule has 0 unspecified atom stereocenters. The fraction of sp³-hybridized carbons (Fsp3) is 0.133. The van der Waals surface area contributed by atoms with Crippen LogP contribution >= 0.6 is 0 Å². The maximum atomic E-state index is 12.4. The summed E-state index contributed by atoms with van der Waals surface area (Å²) in [5.74, 6) is 0.0150. The first-order valence-corrected chi connectivity index (χ1v) is 6.66. The van der Waals surface area contributed by atoms with E-state index in [2.05, 4.69) is 15.3 Å². The topological polar surface area (TPSA) is 86.0 Å². The summed E-state index contributed by atoms with van der Waals surface area (Å²) in [7, 11) is 1.33. The Morgan fingerprint density at radius 1 is 1.25 bits per heavy atom. The second-order valence-electron chi connectivity index (χ2n) is 4.43. The normalized spacial score (nSPS) is 10.8. The molecule has 0 radical (unpaired) electrons. The average Bonchev–Trinajstić information content (AvgIpc) is 2.55. The molecule has 2 aromatic rings. The Morgan fingerprint density at radius 3 is 2.67 bits per heavy atom. The second kappa shape index (κ2) is 7.86. The molecule has 0 saturated carbocycles. The number of para-hydroxylation sites is 2. The van der Waals surface area contributed by atoms with Gasteiger partial charge >= 0.3 is 6.61 Å². The van der Waals surface area contributed by atoms with Crippen LogP contribution in [0, 0.1) is 10.1 Å². The highest BCUT2D eigenvalue weighted by Crippen LogP contribution is 2.29. The van der Waals surface area contributed by atoms with E-state index in [-0.39, 0.29) is 22.9 Å². The van der Waals surface area contributed by atoms with Crippen molar-refractivity contribution in [2.24, 2.45) is 5.10 Å². The predicted octanol–water partition coefficient (Wildman–Crippen LogP) is 3.65. The van der Waals surface area contributed by atoms with Gasteiger partial charge in [-0.3, -0.25) is 15.5 Å². The fourth-order valence-corrected chi connectivity index (χ4v) is 1.87. The number of nitro groups is 1. The molecule has 0 aliphatic rings. The van der Waals surface area contributed by atoms with Gasteiger partial charge in [0.1, 0.15) is 5.69 Å². The van der Waals surface area contributed by atoms with E-state index in [1.807, 2.05) is 0 Å². The number of hydrogen-bond acceptors (Lipinski definition) is 6. The monoisotopic (exact) mass is 337 g/mol. The molecule has 2 rings (SSSR count). The number of halogens is 2. The van der Waals surface area contributed by atoms with Crippen LogP contribution in [-0.4, -0.2) is 24.9 Å². The molecule has 24 heavy (non-hydrogen) atoms. The van der Waals surface area contributed by atoms with Gasteiger partial charge in [0, 0.05) is 6.07 Å². The molecular formula is C15H13F2N3O4. The van der Waals surface area contributed by atoms with E-state index in [0.717, 1.165) is 0 Å². The number of nitrogens with zero attached hydrogens (tertiary/aromatic N) is 2. The van der Waals surface area contributed by atoms with Crippen LogP contribution in [0.15, 0.2) is 47.6 Å².